The molecule has 1 aromatic heterocycles. The summed E-state index contributed by atoms with van der Waals surface area (Å²) in [7, 11) is 0. The predicted octanol–water partition coefficient (Wildman–Crippen LogP) is 5.66. The third-order valence-electron chi connectivity index (χ3n) is 8.30. The monoisotopic (exact) mass is 440 g/mol. The number of carbonyl (C=O) groups is 1. The molecule has 1 amide bonds. The van der Waals surface area contributed by atoms with Gasteiger partial charge in [0.15, 0.2) is 0 Å². The molecule has 4 nitrogen and oxygen atoms in total. The highest BCUT2D eigenvalue weighted by Gasteiger charge is 2.51. The average Bonchev–Trinajstić information content (AvgIpc) is 3.49. The Hall–Kier alpha value is -2.72. The van der Waals surface area contributed by atoms with E-state index >= 15 is 0 Å². The van der Waals surface area contributed by atoms with Gasteiger partial charge in [0.1, 0.15) is 6.10 Å². The number of likely N-dealkylation sites (tertiary alicyclic amines) is 1. The van der Waals surface area contributed by atoms with Gasteiger partial charge in [-0.15, -0.1) is 0 Å². The van der Waals surface area contributed by atoms with Gasteiger partial charge in [0.25, 0.3) is 5.91 Å². The average molecular weight is 441 g/mol. The van der Waals surface area contributed by atoms with Gasteiger partial charge in [-0.2, -0.15) is 0 Å². The van der Waals surface area contributed by atoms with Crippen LogP contribution in [0.2, 0.25) is 0 Å². The molecule has 0 unspecified atom stereocenters. The number of rotatable bonds is 4. The van der Waals surface area contributed by atoms with Crippen LogP contribution in [0.4, 0.5) is 0 Å². The van der Waals surface area contributed by atoms with Crippen LogP contribution >= 0.6 is 0 Å². The number of nitrogens with zero attached hydrogens (tertiary/aromatic N) is 2. The van der Waals surface area contributed by atoms with Crippen molar-refractivity contribution in [2.45, 2.75) is 57.0 Å². The third-order valence-corrected chi connectivity index (χ3v) is 8.30. The van der Waals surface area contributed by atoms with Gasteiger partial charge in [-0.05, 0) is 97.2 Å². The van der Waals surface area contributed by atoms with Gasteiger partial charge in [0.2, 0.25) is 0 Å². The summed E-state index contributed by atoms with van der Waals surface area (Å²) in [6, 6.07) is 17.9. The maximum atomic E-state index is 12.7. The summed E-state index contributed by atoms with van der Waals surface area (Å²) in [6.07, 6.45) is 8.35. The summed E-state index contributed by atoms with van der Waals surface area (Å²) >= 11 is 0. The zero-order valence-corrected chi connectivity index (χ0v) is 19.4. The van der Waals surface area contributed by atoms with E-state index in [0.717, 1.165) is 50.9 Å². The normalized spacial score (nSPS) is 22.6. The van der Waals surface area contributed by atoms with Crippen LogP contribution in [-0.2, 0) is 14.9 Å². The van der Waals surface area contributed by atoms with Crippen LogP contribution in [0.25, 0.3) is 22.0 Å². The van der Waals surface area contributed by atoms with Crippen LogP contribution in [0.3, 0.4) is 0 Å². The first-order chi connectivity index (χ1) is 16.1. The Morgan fingerprint density at radius 3 is 2.55 bits per heavy atom. The van der Waals surface area contributed by atoms with Gasteiger partial charge in [-0.1, -0.05) is 30.3 Å². The molecular weight excluding hydrogens is 408 g/mol. The Balaban J connectivity index is 1.17. The lowest BCUT2D eigenvalue weighted by Crippen LogP contribution is -2.45. The maximum absolute atomic E-state index is 12.7. The van der Waals surface area contributed by atoms with Crippen LogP contribution in [0, 0.1) is 12.8 Å². The van der Waals surface area contributed by atoms with Gasteiger partial charge in [-0.3, -0.25) is 9.78 Å². The Labute approximate surface area is 196 Å². The fourth-order valence-corrected chi connectivity index (χ4v) is 6.22. The molecule has 3 aromatic rings. The number of amides is 1. The number of carbonyl (C=O) groups excluding carboxylic acids is 1. The van der Waals surface area contributed by atoms with Crippen molar-refractivity contribution in [3.63, 3.8) is 0 Å². The van der Waals surface area contributed by atoms with E-state index in [-0.39, 0.29) is 12.0 Å². The molecule has 170 valence electrons. The molecule has 3 fully saturated rings. The standard InChI is InChI=1S/C29H32N2O2/c1-20-18-22-4-2-14-30-26(22)19-25(20)21-6-8-23(9-7-21)29(12-13-29)24-10-15-31(16-11-24)28(32)27-5-3-17-33-27/h2,4,6-9,14,18-19,24,27H,3,5,10-13,15-17H2,1H3/t27-/m1/s1. The molecule has 0 spiro atoms. The summed E-state index contributed by atoms with van der Waals surface area (Å²) in [5.74, 6) is 0.892. The van der Waals surface area contributed by atoms with Crippen molar-refractivity contribution in [3.05, 3.63) is 65.9 Å². The van der Waals surface area contributed by atoms with E-state index in [4.69, 9.17) is 4.74 Å². The second-order valence-electron chi connectivity index (χ2n) is 10.2. The van der Waals surface area contributed by atoms with Crippen LogP contribution < -0.4 is 0 Å². The van der Waals surface area contributed by atoms with Crippen LogP contribution in [0.1, 0.15) is 49.7 Å². The molecule has 2 aromatic carbocycles. The first-order valence-electron chi connectivity index (χ1n) is 12.5. The van der Waals surface area contributed by atoms with E-state index in [2.05, 4.69) is 59.3 Å². The first kappa shape index (κ1) is 20.9. The Morgan fingerprint density at radius 1 is 1.06 bits per heavy atom. The van der Waals surface area contributed by atoms with E-state index in [1.807, 2.05) is 12.3 Å². The molecule has 2 saturated heterocycles. The minimum atomic E-state index is -0.183. The largest absolute Gasteiger partial charge is 0.368 e. The van der Waals surface area contributed by atoms with E-state index < -0.39 is 0 Å². The molecule has 0 radical (unpaired) electrons. The Bertz CT molecular complexity index is 1170. The molecule has 3 heterocycles. The van der Waals surface area contributed by atoms with Crippen molar-refractivity contribution in [2.75, 3.05) is 19.7 Å². The second kappa shape index (κ2) is 8.25. The molecule has 1 saturated carbocycles. The van der Waals surface area contributed by atoms with Crippen molar-refractivity contribution in [1.82, 2.24) is 9.88 Å². The molecule has 0 bridgehead atoms. The number of fused-ring (bicyclic) bond motifs is 1. The van der Waals surface area contributed by atoms with Crippen molar-refractivity contribution >= 4 is 16.8 Å². The first-order valence-corrected chi connectivity index (χ1v) is 12.5. The van der Waals surface area contributed by atoms with Crippen molar-refractivity contribution < 1.29 is 9.53 Å². The number of piperidine rings is 1. The fourth-order valence-electron chi connectivity index (χ4n) is 6.22. The summed E-state index contributed by atoms with van der Waals surface area (Å²) in [6.45, 7) is 4.68. The predicted molar refractivity (Wildman–Crippen MR) is 131 cm³/mol. The smallest absolute Gasteiger partial charge is 0.251 e. The van der Waals surface area contributed by atoms with E-state index in [9.17, 15) is 4.79 Å². The van der Waals surface area contributed by atoms with Gasteiger partial charge in [-0.25, -0.2) is 0 Å². The number of hydrogen-bond acceptors (Lipinski definition) is 3. The Morgan fingerprint density at radius 2 is 1.85 bits per heavy atom. The molecule has 1 atom stereocenters. The SMILES string of the molecule is Cc1cc2cccnc2cc1-c1ccc(C2(C3CCN(C(=O)[C@H]4CCCO4)CC3)CC2)cc1. The second-order valence-corrected chi connectivity index (χ2v) is 10.2. The number of pyridine rings is 1. The molecule has 1 aliphatic carbocycles. The lowest BCUT2D eigenvalue weighted by Gasteiger charge is -2.37. The topological polar surface area (TPSA) is 42.4 Å². The van der Waals surface area contributed by atoms with Crippen LogP contribution in [0.5, 0.6) is 0 Å². The molecule has 2 aliphatic heterocycles. The number of hydrogen-bond donors (Lipinski definition) is 0. The van der Waals surface area contributed by atoms with Gasteiger partial charge >= 0.3 is 0 Å². The van der Waals surface area contributed by atoms with Crippen molar-refractivity contribution in [3.8, 4) is 11.1 Å². The van der Waals surface area contributed by atoms with Crippen LogP contribution in [-0.4, -0.2) is 41.6 Å². The molecule has 3 aliphatic rings. The van der Waals surface area contributed by atoms with Crippen molar-refractivity contribution in [1.29, 1.82) is 0 Å². The highest BCUT2D eigenvalue weighted by atomic mass is 16.5. The zero-order valence-electron chi connectivity index (χ0n) is 19.4. The van der Waals surface area contributed by atoms with Crippen LogP contribution in [0.15, 0.2) is 54.7 Å². The Kier molecular flexibility index (Phi) is 5.21. The lowest BCUT2D eigenvalue weighted by atomic mass is 9.76. The van der Waals surface area contributed by atoms with Crippen molar-refractivity contribution in [2.24, 2.45) is 5.92 Å². The zero-order chi connectivity index (χ0) is 22.4. The van der Waals surface area contributed by atoms with Gasteiger partial charge in [0, 0.05) is 31.3 Å². The minimum absolute atomic E-state index is 0.183. The summed E-state index contributed by atoms with van der Waals surface area (Å²) in [5.41, 5.74) is 6.65. The highest BCUT2D eigenvalue weighted by molar-refractivity contribution is 5.86. The third kappa shape index (κ3) is 3.74. The lowest BCUT2D eigenvalue weighted by molar-refractivity contribution is -0.142. The number of aromatic nitrogens is 1. The molecule has 6 rings (SSSR count). The number of ether oxygens (including phenoxy) is 1. The van der Waals surface area contributed by atoms with Gasteiger partial charge in [0.05, 0.1) is 5.52 Å². The molecule has 0 N–H and O–H groups in total. The summed E-state index contributed by atoms with van der Waals surface area (Å²) in [5, 5.41) is 1.19. The highest BCUT2D eigenvalue weighted by Crippen LogP contribution is 2.57. The van der Waals surface area contributed by atoms with E-state index in [1.54, 1.807) is 0 Å². The molecule has 4 heteroatoms. The number of benzene rings is 2. The van der Waals surface area contributed by atoms with E-state index in [0.29, 0.717) is 11.3 Å². The minimum Gasteiger partial charge on any atom is -0.368 e. The summed E-state index contributed by atoms with van der Waals surface area (Å²) in [4.78, 5) is 19.3. The number of aryl methyl sites for hydroxylation is 1. The molecule has 33 heavy (non-hydrogen) atoms. The maximum Gasteiger partial charge on any atom is 0.251 e. The quantitative estimate of drug-likeness (QED) is 0.526. The van der Waals surface area contributed by atoms with E-state index in [1.165, 1.54) is 40.5 Å². The van der Waals surface area contributed by atoms with Gasteiger partial charge < -0.3 is 9.64 Å². The molecular formula is C29H32N2O2. The fraction of sp³-hybridized carbons (Fsp3) is 0.448. The summed E-state index contributed by atoms with van der Waals surface area (Å²) < 4.78 is 5.63.